The standard InChI is InChI=1S/C20H25N3O5S2/c1-22(2)29(25,26)18-11-7-17(8-12-18)20(24)21-15-16-5-9-19(10-6-16)30(27,28)23-13-3-4-14-23/h5-12H,3-4,13-15H2,1-2H3,(H,21,24). The van der Waals surface area contributed by atoms with Crippen LogP contribution in [0, 0.1) is 0 Å². The molecule has 0 saturated carbocycles. The van der Waals surface area contributed by atoms with E-state index in [1.54, 1.807) is 24.3 Å². The second kappa shape index (κ2) is 8.84. The lowest BCUT2D eigenvalue weighted by atomic mass is 10.2. The van der Waals surface area contributed by atoms with Crippen molar-refractivity contribution in [3.05, 3.63) is 59.7 Å². The largest absolute Gasteiger partial charge is 0.348 e. The fraction of sp³-hybridized carbons (Fsp3) is 0.350. The summed E-state index contributed by atoms with van der Waals surface area (Å²) >= 11 is 0. The van der Waals surface area contributed by atoms with Crippen LogP contribution < -0.4 is 5.32 Å². The van der Waals surface area contributed by atoms with E-state index in [4.69, 9.17) is 0 Å². The van der Waals surface area contributed by atoms with Crippen molar-refractivity contribution in [2.45, 2.75) is 29.2 Å². The van der Waals surface area contributed by atoms with Crippen LogP contribution in [-0.4, -0.2) is 58.5 Å². The van der Waals surface area contributed by atoms with Crippen molar-refractivity contribution in [1.82, 2.24) is 13.9 Å². The first kappa shape index (κ1) is 22.4. The highest BCUT2D eigenvalue weighted by Crippen LogP contribution is 2.21. The van der Waals surface area contributed by atoms with Crippen molar-refractivity contribution in [1.29, 1.82) is 0 Å². The Hall–Kier alpha value is -2.27. The molecule has 1 amide bonds. The molecule has 0 radical (unpaired) electrons. The fourth-order valence-corrected chi connectivity index (χ4v) is 5.55. The maximum absolute atomic E-state index is 12.5. The minimum absolute atomic E-state index is 0.110. The number of nitrogens with one attached hydrogen (secondary N) is 1. The molecular formula is C20H25N3O5S2. The SMILES string of the molecule is CN(C)S(=O)(=O)c1ccc(C(=O)NCc2ccc(S(=O)(=O)N3CCCC3)cc2)cc1. The second-order valence-corrected chi connectivity index (χ2v) is 11.3. The molecule has 1 fully saturated rings. The molecule has 1 N–H and O–H groups in total. The molecule has 0 spiro atoms. The van der Waals surface area contributed by atoms with E-state index in [2.05, 4.69) is 5.32 Å². The normalized spacial score (nSPS) is 15.4. The molecule has 0 aromatic heterocycles. The molecule has 2 aromatic carbocycles. The zero-order valence-corrected chi connectivity index (χ0v) is 18.5. The minimum Gasteiger partial charge on any atom is -0.348 e. The number of nitrogens with zero attached hydrogens (tertiary/aromatic N) is 2. The number of amides is 1. The van der Waals surface area contributed by atoms with Crippen LogP contribution >= 0.6 is 0 Å². The molecule has 3 rings (SSSR count). The van der Waals surface area contributed by atoms with Gasteiger partial charge < -0.3 is 5.32 Å². The fourth-order valence-electron chi connectivity index (χ4n) is 3.13. The number of hydrogen-bond acceptors (Lipinski definition) is 5. The van der Waals surface area contributed by atoms with E-state index in [0.717, 1.165) is 22.7 Å². The highest BCUT2D eigenvalue weighted by molar-refractivity contribution is 7.89. The third-order valence-corrected chi connectivity index (χ3v) is 8.72. The molecule has 1 aliphatic rings. The van der Waals surface area contributed by atoms with E-state index in [1.165, 1.54) is 42.7 Å². The molecular weight excluding hydrogens is 426 g/mol. The predicted octanol–water partition coefficient (Wildman–Crippen LogP) is 1.65. The summed E-state index contributed by atoms with van der Waals surface area (Å²) in [4.78, 5) is 12.7. The lowest BCUT2D eigenvalue weighted by Crippen LogP contribution is -2.28. The van der Waals surface area contributed by atoms with Gasteiger partial charge in [-0.3, -0.25) is 4.79 Å². The Morgan fingerprint density at radius 1 is 0.900 bits per heavy atom. The van der Waals surface area contributed by atoms with Crippen LogP contribution in [0.25, 0.3) is 0 Å². The molecule has 8 nitrogen and oxygen atoms in total. The van der Waals surface area contributed by atoms with Gasteiger partial charge in [0.1, 0.15) is 0 Å². The highest BCUT2D eigenvalue weighted by atomic mass is 32.2. The van der Waals surface area contributed by atoms with Gasteiger partial charge in [-0.2, -0.15) is 4.31 Å². The van der Waals surface area contributed by atoms with E-state index in [1.807, 2.05) is 0 Å². The smallest absolute Gasteiger partial charge is 0.251 e. The molecule has 10 heteroatoms. The number of sulfonamides is 2. The zero-order valence-electron chi connectivity index (χ0n) is 16.9. The molecule has 1 heterocycles. The zero-order chi connectivity index (χ0) is 21.9. The minimum atomic E-state index is -3.55. The first-order valence-electron chi connectivity index (χ1n) is 9.52. The topological polar surface area (TPSA) is 104 Å². The van der Waals surface area contributed by atoms with Crippen molar-refractivity contribution >= 4 is 26.0 Å². The average molecular weight is 452 g/mol. The Balaban J connectivity index is 1.62. The molecule has 0 atom stereocenters. The van der Waals surface area contributed by atoms with Crippen molar-refractivity contribution < 1.29 is 21.6 Å². The van der Waals surface area contributed by atoms with Crippen LogP contribution in [0.2, 0.25) is 0 Å². The van der Waals surface area contributed by atoms with Crippen LogP contribution in [0.3, 0.4) is 0 Å². The lowest BCUT2D eigenvalue weighted by molar-refractivity contribution is 0.0950. The molecule has 30 heavy (non-hydrogen) atoms. The Kier molecular flexibility index (Phi) is 6.61. The first-order chi connectivity index (χ1) is 14.1. The number of benzene rings is 2. The van der Waals surface area contributed by atoms with Crippen LogP contribution in [-0.2, 0) is 26.6 Å². The second-order valence-electron chi connectivity index (χ2n) is 7.25. The monoisotopic (exact) mass is 451 g/mol. The van der Waals surface area contributed by atoms with Gasteiger partial charge >= 0.3 is 0 Å². The molecule has 0 bridgehead atoms. The molecule has 1 aliphatic heterocycles. The van der Waals surface area contributed by atoms with Crippen molar-refractivity contribution in [2.24, 2.45) is 0 Å². The third-order valence-electron chi connectivity index (χ3n) is 4.97. The van der Waals surface area contributed by atoms with Gasteiger partial charge in [-0.1, -0.05) is 12.1 Å². The molecule has 2 aromatic rings. The molecule has 0 aliphatic carbocycles. The average Bonchev–Trinajstić information content (AvgIpc) is 3.28. The van der Waals surface area contributed by atoms with Crippen molar-refractivity contribution in [3.8, 4) is 0 Å². The molecule has 162 valence electrons. The number of rotatable bonds is 7. The van der Waals surface area contributed by atoms with Crippen LogP contribution in [0.15, 0.2) is 58.3 Å². The van der Waals surface area contributed by atoms with E-state index in [9.17, 15) is 21.6 Å². The first-order valence-corrected chi connectivity index (χ1v) is 12.4. The third kappa shape index (κ3) is 4.72. The van der Waals surface area contributed by atoms with Gasteiger partial charge in [-0.25, -0.2) is 21.1 Å². The Labute approximate surface area is 177 Å². The summed E-state index contributed by atoms with van der Waals surface area (Å²) in [7, 11) is -4.12. The van der Waals surface area contributed by atoms with Crippen molar-refractivity contribution in [3.63, 3.8) is 0 Å². The van der Waals surface area contributed by atoms with Gasteiger partial charge in [-0.15, -0.1) is 0 Å². The van der Waals surface area contributed by atoms with Crippen LogP contribution in [0.5, 0.6) is 0 Å². The van der Waals surface area contributed by atoms with Crippen LogP contribution in [0.1, 0.15) is 28.8 Å². The quantitative estimate of drug-likeness (QED) is 0.689. The van der Waals surface area contributed by atoms with Crippen molar-refractivity contribution in [2.75, 3.05) is 27.2 Å². The van der Waals surface area contributed by atoms with E-state index >= 15 is 0 Å². The maximum atomic E-state index is 12.5. The van der Waals surface area contributed by atoms with Gasteiger partial charge in [0.15, 0.2) is 0 Å². The van der Waals surface area contributed by atoms with E-state index in [-0.39, 0.29) is 22.2 Å². The van der Waals surface area contributed by atoms with E-state index < -0.39 is 20.0 Å². The molecule has 0 unspecified atom stereocenters. The lowest BCUT2D eigenvalue weighted by Gasteiger charge is -2.15. The number of carbonyl (C=O) groups excluding carboxylic acids is 1. The number of hydrogen-bond donors (Lipinski definition) is 1. The predicted molar refractivity (Wildman–Crippen MR) is 113 cm³/mol. The summed E-state index contributed by atoms with van der Waals surface area (Å²) in [5, 5.41) is 2.75. The Bertz CT molecular complexity index is 1100. The summed E-state index contributed by atoms with van der Waals surface area (Å²) < 4.78 is 51.9. The maximum Gasteiger partial charge on any atom is 0.251 e. The molecule has 1 saturated heterocycles. The summed E-state index contributed by atoms with van der Waals surface area (Å²) in [5.74, 6) is -0.349. The van der Waals surface area contributed by atoms with Gasteiger partial charge in [-0.05, 0) is 54.8 Å². The highest BCUT2D eigenvalue weighted by Gasteiger charge is 2.26. The summed E-state index contributed by atoms with van der Waals surface area (Å²) in [6.07, 6.45) is 1.76. The Morgan fingerprint density at radius 3 is 1.97 bits per heavy atom. The van der Waals surface area contributed by atoms with Crippen LogP contribution in [0.4, 0.5) is 0 Å². The summed E-state index contributed by atoms with van der Waals surface area (Å²) in [6, 6.07) is 12.2. The van der Waals surface area contributed by atoms with E-state index in [0.29, 0.717) is 18.7 Å². The van der Waals surface area contributed by atoms with Gasteiger partial charge in [0.05, 0.1) is 9.79 Å². The Morgan fingerprint density at radius 2 is 1.43 bits per heavy atom. The van der Waals surface area contributed by atoms with Gasteiger partial charge in [0.2, 0.25) is 20.0 Å². The van der Waals surface area contributed by atoms with Gasteiger partial charge in [0.25, 0.3) is 5.91 Å². The van der Waals surface area contributed by atoms with Gasteiger partial charge in [0, 0.05) is 39.3 Å². The summed E-state index contributed by atoms with van der Waals surface area (Å²) in [5.41, 5.74) is 1.09. The summed E-state index contributed by atoms with van der Waals surface area (Å²) in [6.45, 7) is 1.32. The number of carbonyl (C=O) groups is 1.